The van der Waals surface area contributed by atoms with E-state index in [0.717, 1.165) is 5.19 Å². The van der Waals surface area contributed by atoms with E-state index in [1.54, 1.807) is 0 Å². The van der Waals surface area contributed by atoms with Crippen molar-refractivity contribution in [3.63, 3.8) is 0 Å². The van der Waals surface area contributed by atoms with Gasteiger partial charge in [0.1, 0.15) is 0 Å². The molecule has 0 spiro atoms. The molecule has 2 N–H and O–H groups in total. The van der Waals surface area contributed by atoms with Crippen LogP contribution in [0.3, 0.4) is 0 Å². The van der Waals surface area contributed by atoms with Gasteiger partial charge < -0.3 is 19.0 Å². The van der Waals surface area contributed by atoms with E-state index in [1.165, 1.54) is 0 Å². The molecular formula is C15H27NO3Si. The number of benzene rings is 1. The molecule has 0 heterocycles. The SMILES string of the molecule is CC(C)O[Si](OC(C)C)(OC(C)C)c1cccc(N)c1. The van der Waals surface area contributed by atoms with Crippen LogP contribution >= 0.6 is 0 Å². The maximum absolute atomic E-state index is 6.14. The third kappa shape index (κ3) is 4.90. The Bertz CT molecular complexity index is 395. The molecule has 0 aliphatic rings. The van der Waals surface area contributed by atoms with Crippen molar-refractivity contribution < 1.29 is 13.3 Å². The molecule has 0 unspecified atom stereocenters. The van der Waals surface area contributed by atoms with Crippen LogP contribution in [0.5, 0.6) is 0 Å². The smallest absolute Gasteiger partial charge is 0.399 e. The molecule has 0 amide bonds. The molecule has 20 heavy (non-hydrogen) atoms. The minimum atomic E-state index is -2.97. The molecule has 0 atom stereocenters. The fourth-order valence-electron chi connectivity index (χ4n) is 1.95. The van der Waals surface area contributed by atoms with E-state index in [0.29, 0.717) is 5.69 Å². The molecule has 0 aliphatic carbocycles. The highest BCUT2D eigenvalue weighted by Crippen LogP contribution is 2.18. The van der Waals surface area contributed by atoms with E-state index in [2.05, 4.69) is 0 Å². The summed E-state index contributed by atoms with van der Waals surface area (Å²) < 4.78 is 18.4. The van der Waals surface area contributed by atoms with E-state index in [9.17, 15) is 0 Å². The zero-order valence-electron chi connectivity index (χ0n) is 13.3. The Labute approximate surface area is 123 Å². The molecule has 5 heteroatoms. The summed E-state index contributed by atoms with van der Waals surface area (Å²) in [4.78, 5) is 0. The van der Waals surface area contributed by atoms with Gasteiger partial charge in [-0.15, -0.1) is 0 Å². The lowest BCUT2D eigenvalue weighted by atomic mass is 10.3. The van der Waals surface area contributed by atoms with Gasteiger partial charge in [-0.3, -0.25) is 0 Å². The fourth-order valence-corrected chi connectivity index (χ4v) is 5.03. The van der Waals surface area contributed by atoms with E-state index < -0.39 is 8.80 Å². The second-order valence-corrected chi connectivity index (χ2v) is 8.08. The van der Waals surface area contributed by atoms with Gasteiger partial charge in [-0.05, 0) is 53.7 Å². The van der Waals surface area contributed by atoms with Crippen LogP contribution in [0.1, 0.15) is 41.5 Å². The summed E-state index contributed by atoms with van der Waals surface area (Å²) in [6.45, 7) is 11.9. The summed E-state index contributed by atoms with van der Waals surface area (Å²) in [6, 6.07) is 7.61. The van der Waals surface area contributed by atoms with Gasteiger partial charge in [0.25, 0.3) is 0 Å². The molecule has 1 aromatic rings. The molecule has 114 valence electrons. The van der Waals surface area contributed by atoms with Crippen molar-refractivity contribution in [2.75, 3.05) is 5.73 Å². The normalized spacial score (nSPS) is 12.7. The second kappa shape index (κ2) is 7.22. The van der Waals surface area contributed by atoms with Crippen molar-refractivity contribution in [2.24, 2.45) is 0 Å². The lowest BCUT2D eigenvalue weighted by Crippen LogP contribution is -2.60. The Morgan fingerprint density at radius 2 is 1.30 bits per heavy atom. The molecule has 0 aliphatic heterocycles. The average Bonchev–Trinajstić information content (AvgIpc) is 2.25. The van der Waals surface area contributed by atoms with Crippen molar-refractivity contribution in [2.45, 2.75) is 59.9 Å². The zero-order chi connectivity index (χ0) is 15.3. The molecule has 1 rings (SSSR count). The Morgan fingerprint density at radius 1 is 0.850 bits per heavy atom. The number of nitrogen functional groups attached to an aromatic ring is 1. The fraction of sp³-hybridized carbons (Fsp3) is 0.600. The number of hydrogen-bond donors (Lipinski definition) is 1. The van der Waals surface area contributed by atoms with E-state index in [1.807, 2.05) is 65.8 Å². The summed E-state index contributed by atoms with van der Waals surface area (Å²) in [7, 11) is -2.97. The summed E-state index contributed by atoms with van der Waals surface area (Å²) >= 11 is 0. The molecule has 1 aromatic carbocycles. The summed E-state index contributed by atoms with van der Waals surface area (Å²) in [5.74, 6) is 0. The summed E-state index contributed by atoms with van der Waals surface area (Å²) in [6.07, 6.45) is 0.0433. The summed E-state index contributed by atoms with van der Waals surface area (Å²) in [5, 5.41) is 0.911. The Hall–Kier alpha value is -0.883. The predicted molar refractivity (Wildman–Crippen MR) is 84.9 cm³/mol. The van der Waals surface area contributed by atoms with Gasteiger partial charge in [-0.25, -0.2) is 0 Å². The Kier molecular flexibility index (Phi) is 6.20. The van der Waals surface area contributed by atoms with Crippen LogP contribution in [0.4, 0.5) is 5.69 Å². The standard InChI is InChI=1S/C15H27NO3Si/c1-11(2)17-20(18-12(3)4,19-13(5)6)15-9-7-8-14(16)10-15/h7-13H,16H2,1-6H3. The van der Waals surface area contributed by atoms with Gasteiger partial charge in [0.15, 0.2) is 0 Å². The van der Waals surface area contributed by atoms with Crippen molar-refractivity contribution in [3.05, 3.63) is 24.3 Å². The van der Waals surface area contributed by atoms with Crippen LogP contribution in [0.25, 0.3) is 0 Å². The van der Waals surface area contributed by atoms with Gasteiger partial charge >= 0.3 is 8.80 Å². The minimum absolute atomic E-state index is 0.0144. The van der Waals surface area contributed by atoms with Crippen LogP contribution in [-0.2, 0) is 13.3 Å². The van der Waals surface area contributed by atoms with Gasteiger partial charge in [0, 0.05) is 29.2 Å². The van der Waals surface area contributed by atoms with E-state index in [4.69, 9.17) is 19.0 Å². The average molecular weight is 297 g/mol. The summed E-state index contributed by atoms with van der Waals surface area (Å²) in [5.41, 5.74) is 6.59. The van der Waals surface area contributed by atoms with Crippen LogP contribution in [0.2, 0.25) is 0 Å². The topological polar surface area (TPSA) is 53.7 Å². The van der Waals surface area contributed by atoms with Crippen molar-refractivity contribution >= 4 is 19.7 Å². The first kappa shape index (κ1) is 17.2. The first-order chi connectivity index (χ1) is 9.25. The maximum atomic E-state index is 6.14. The van der Waals surface area contributed by atoms with Gasteiger partial charge in [-0.2, -0.15) is 0 Å². The number of rotatable bonds is 7. The van der Waals surface area contributed by atoms with Gasteiger partial charge in [0.05, 0.1) is 0 Å². The van der Waals surface area contributed by atoms with Crippen molar-refractivity contribution in [1.82, 2.24) is 0 Å². The highest BCUT2D eigenvalue weighted by atomic mass is 28.4. The molecule has 0 saturated carbocycles. The molecule has 0 bridgehead atoms. The molecule has 0 fully saturated rings. The van der Waals surface area contributed by atoms with Crippen LogP contribution < -0.4 is 10.9 Å². The van der Waals surface area contributed by atoms with Crippen LogP contribution in [-0.4, -0.2) is 27.1 Å². The van der Waals surface area contributed by atoms with Crippen LogP contribution in [0.15, 0.2) is 24.3 Å². The lowest BCUT2D eigenvalue weighted by Gasteiger charge is -2.34. The minimum Gasteiger partial charge on any atom is -0.399 e. The Morgan fingerprint density at radius 3 is 1.65 bits per heavy atom. The molecule has 0 saturated heterocycles. The van der Waals surface area contributed by atoms with Gasteiger partial charge in [0.2, 0.25) is 0 Å². The Balaban J connectivity index is 3.26. The quantitative estimate of drug-likeness (QED) is 0.621. The van der Waals surface area contributed by atoms with Crippen molar-refractivity contribution in [3.8, 4) is 0 Å². The number of nitrogens with two attached hydrogens (primary N) is 1. The molecule has 0 aromatic heterocycles. The number of anilines is 1. The second-order valence-electron chi connectivity index (χ2n) is 5.68. The maximum Gasteiger partial charge on any atom is 0.537 e. The molecule has 4 nitrogen and oxygen atoms in total. The van der Waals surface area contributed by atoms with E-state index >= 15 is 0 Å². The van der Waals surface area contributed by atoms with Crippen molar-refractivity contribution in [1.29, 1.82) is 0 Å². The highest BCUT2D eigenvalue weighted by molar-refractivity contribution is 6.75. The monoisotopic (exact) mass is 297 g/mol. The molecular weight excluding hydrogens is 270 g/mol. The van der Waals surface area contributed by atoms with E-state index in [-0.39, 0.29) is 18.3 Å². The highest BCUT2D eigenvalue weighted by Gasteiger charge is 2.46. The zero-order valence-corrected chi connectivity index (χ0v) is 14.3. The third-order valence-corrected chi connectivity index (χ3v) is 5.78. The largest absolute Gasteiger partial charge is 0.537 e. The molecule has 0 radical (unpaired) electrons. The lowest BCUT2D eigenvalue weighted by molar-refractivity contribution is 0.0153. The van der Waals surface area contributed by atoms with Crippen LogP contribution in [0, 0.1) is 0 Å². The predicted octanol–water partition coefficient (Wildman–Crippen LogP) is 2.69. The van der Waals surface area contributed by atoms with Gasteiger partial charge in [-0.1, -0.05) is 12.1 Å². The third-order valence-electron chi connectivity index (χ3n) is 2.41. The first-order valence-electron chi connectivity index (χ1n) is 7.14. The first-order valence-corrected chi connectivity index (χ1v) is 8.87. The number of hydrogen-bond acceptors (Lipinski definition) is 4.